The van der Waals surface area contributed by atoms with E-state index in [2.05, 4.69) is 74.5 Å². The second kappa shape index (κ2) is 4.85. The monoisotopic (exact) mass is 248 g/mol. The first kappa shape index (κ1) is 12.5. The van der Waals surface area contributed by atoms with Crippen LogP contribution in [0.3, 0.4) is 0 Å². The van der Waals surface area contributed by atoms with Crippen LogP contribution in [0.2, 0.25) is 0 Å². The van der Waals surface area contributed by atoms with Gasteiger partial charge >= 0.3 is 0 Å². The third-order valence-corrected chi connectivity index (χ3v) is 4.38. The molecule has 2 aromatic carbocycles. The highest BCUT2D eigenvalue weighted by Crippen LogP contribution is 2.55. The number of rotatable bonds is 2. The van der Waals surface area contributed by atoms with Gasteiger partial charge in [0.15, 0.2) is 0 Å². The van der Waals surface area contributed by atoms with E-state index >= 15 is 0 Å². The van der Waals surface area contributed by atoms with E-state index in [0.717, 1.165) is 0 Å². The van der Waals surface area contributed by atoms with Gasteiger partial charge in [0, 0.05) is 11.8 Å². The van der Waals surface area contributed by atoms with Gasteiger partial charge in [0.1, 0.15) is 0 Å². The van der Waals surface area contributed by atoms with Crippen molar-refractivity contribution in [3.63, 3.8) is 0 Å². The van der Waals surface area contributed by atoms with Crippen LogP contribution in [0.5, 0.6) is 0 Å². The lowest BCUT2D eigenvalue weighted by Gasteiger charge is -2.33. The van der Waals surface area contributed by atoms with Gasteiger partial charge in [-0.3, -0.25) is 0 Å². The summed E-state index contributed by atoms with van der Waals surface area (Å²) >= 11 is 0. The molecule has 0 nitrogen and oxygen atoms in total. The Balaban J connectivity index is 1.92. The van der Waals surface area contributed by atoms with Gasteiger partial charge in [0.2, 0.25) is 0 Å². The van der Waals surface area contributed by atoms with E-state index in [1.807, 2.05) is 0 Å². The van der Waals surface area contributed by atoms with E-state index in [0.29, 0.717) is 0 Å². The summed E-state index contributed by atoms with van der Waals surface area (Å²) in [7, 11) is 0. The molecule has 2 radical (unpaired) electrons. The maximum absolute atomic E-state index is 2.37. The molecule has 3 rings (SSSR count). The van der Waals surface area contributed by atoms with Crippen LogP contribution >= 0.6 is 0 Å². The minimum Gasteiger partial charge on any atom is -0.0622 e. The summed E-state index contributed by atoms with van der Waals surface area (Å²) in [4.78, 5) is 0. The molecule has 1 aliphatic rings. The molecule has 0 heterocycles. The molecular formula is C19H20. The first-order chi connectivity index (χ1) is 9.19. The van der Waals surface area contributed by atoms with E-state index in [4.69, 9.17) is 0 Å². The Morgan fingerprint density at radius 2 is 1.00 bits per heavy atom. The molecule has 0 unspecified atom stereocenters. The Hall–Kier alpha value is -1.56. The second-order valence-corrected chi connectivity index (χ2v) is 5.81. The van der Waals surface area contributed by atoms with Crippen LogP contribution in [0.4, 0.5) is 0 Å². The van der Waals surface area contributed by atoms with E-state index < -0.39 is 0 Å². The van der Waals surface area contributed by atoms with Gasteiger partial charge in [-0.1, -0.05) is 74.5 Å². The van der Waals surface area contributed by atoms with Gasteiger partial charge in [-0.25, -0.2) is 0 Å². The lowest BCUT2D eigenvalue weighted by Crippen LogP contribution is -2.23. The summed E-state index contributed by atoms with van der Waals surface area (Å²) in [5.74, 6) is 3.15. The fourth-order valence-electron chi connectivity index (χ4n) is 3.35. The largest absolute Gasteiger partial charge is 0.0622 e. The fraction of sp³-hybridized carbons (Fsp3) is 0.263. The molecule has 1 aliphatic carbocycles. The zero-order chi connectivity index (χ0) is 13.3. The topological polar surface area (TPSA) is 0 Å². The van der Waals surface area contributed by atoms with Gasteiger partial charge in [-0.05, 0) is 29.4 Å². The zero-order valence-electron chi connectivity index (χ0n) is 11.7. The van der Waals surface area contributed by atoms with E-state index in [1.54, 1.807) is 11.8 Å². The summed E-state index contributed by atoms with van der Waals surface area (Å²) in [6, 6.07) is 21.7. The standard InChI is InChI=1S/C19H20/c1-19(2)17(15-9-5-3-6-10-15)13-14-18(19)16-11-7-4-8-12-16/h3-12H,13-14H2,1-2H3. The summed E-state index contributed by atoms with van der Waals surface area (Å²) in [5.41, 5.74) is 2.97. The molecule has 0 heteroatoms. The minimum absolute atomic E-state index is 0.169. The highest BCUT2D eigenvalue weighted by atomic mass is 14.5. The molecule has 96 valence electrons. The van der Waals surface area contributed by atoms with Gasteiger partial charge < -0.3 is 0 Å². The van der Waals surface area contributed by atoms with Gasteiger partial charge in [0.25, 0.3) is 0 Å². The molecule has 0 aromatic heterocycles. The van der Waals surface area contributed by atoms with E-state index in [9.17, 15) is 0 Å². The average Bonchev–Trinajstić information content (AvgIpc) is 2.76. The molecule has 0 aliphatic heterocycles. The zero-order valence-corrected chi connectivity index (χ0v) is 11.7. The highest BCUT2D eigenvalue weighted by Gasteiger charge is 2.45. The van der Waals surface area contributed by atoms with Crippen molar-refractivity contribution in [2.45, 2.75) is 26.7 Å². The lowest BCUT2D eigenvalue weighted by atomic mass is 9.70. The van der Waals surface area contributed by atoms with Crippen molar-refractivity contribution in [1.82, 2.24) is 0 Å². The molecule has 0 amide bonds. The first-order valence-electron chi connectivity index (χ1n) is 7.03. The second-order valence-electron chi connectivity index (χ2n) is 5.81. The molecule has 0 saturated heterocycles. The summed E-state index contributed by atoms with van der Waals surface area (Å²) in [6.07, 6.45) is 2.36. The minimum atomic E-state index is 0.169. The fourth-order valence-corrected chi connectivity index (χ4v) is 3.35. The maximum atomic E-state index is 2.37. The molecule has 0 bridgehead atoms. The predicted molar refractivity (Wildman–Crippen MR) is 80.6 cm³/mol. The molecule has 0 N–H and O–H groups in total. The quantitative estimate of drug-likeness (QED) is 0.697. The lowest BCUT2D eigenvalue weighted by molar-refractivity contribution is 0.472. The molecule has 2 aromatic rings. The van der Waals surface area contributed by atoms with Crippen molar-refractivity contribution < 1.29 is 0 Å². The van der Waals surface area contributed by atoms with Gasteiger partial charge in [-0.2, -0.15) is 0 Å². The Kier molecular flexibility index (Phi) is 3.18. The van der Waals surface area contributed by atoms with Crippen LogP contribution in [0, 0.1) is 17.3 Å². The van der Waals surface area contributed by atoms with Crippen LogP contribution in [-0.2, 0) is 0 Å². The van der Waals surface area contributed by atoms with Crippen LogP contribution in [-0.4, -0.2) is 0 Å². The molecule has 1 fully saturated rings. The molecule has 0 atom stereocenters. The Morgan fingerprint density at radius 3 is 1.37 bits per heavy atom. The van der Waals surface area contributed by atoms with Gasteiger partial charge in [0.05, 0.1) is 0 Å². The van der Waals surface area contributed by atoms with Crippen LogP contribution < -0.4 is 0 Å². The molecular weight excluding hydrogens is 228 g/mol. The number of benzene rings is 2. The summed E-state index contributed by atoms with van der Waals surface area (Å²) in [5, 5.41) is 0. The molecule has 19 heavy (non-hydrogen) atoms. The van der Waals surface area contributed by atoms with E-state index in [-0.39, 0.29) is 5.41 Å². The van der Waals surface area contributed by atoms with Crippen molar-refractivity contribution in [3.8, 4) is 0 Å². The maximum Gasteiger partial charge on any atom is 0.0115 e. The van der Waals surface area contributed by atoms with Crippen LogP contribution in [0.15, 0.2) is 60.7 Å². The van der Waals surface area contributed by atoms with Crippen LogP contribution in [0.25, 0.3) is 0 Å². The third-order valence-electron chi connectivity index (χ3n) is 4.38. The number of hydrogen-bond acceptors (Lipinski definition) is 0. The number of hydrogen-bond donors (Lipinski definition) is 0. The summed E-state index contributed by atoms with van der Waals surface area (Å²) in [6.45, 7) is 4.73. The normalized spacial score (nSPS) is 19.7. The van der Waals surface area contributed by atoms with Crippen molar-refractivity contribution in [2.75, 3.05) is 0 Å². The summed E-state index contributed by atoms with van der Waals surface area (Å²) < 4.78 is 0. The first-order valence-corrected chi connectivity index (χ1v) is 7.03. The van der Waals surface area contributed by atoms with E-state index in [1.165, 1.54) is 24.0 Å². The van der Waals surface area contributed by atoms with Crippen molar-refractivity contribution in [3.05, 3.63) is 83.6 Å². The van der Waals surface area contributed by atoms with Crippen molar-refractivity contribution in [1.29, 1.82) is 0 Å². The smallest absolute Gasteiger partial charge is 0.0115 e. The predicted octanol–water partition coefficient (Wildman–Crippen LogP) is 5.05. The Labute approximate surface area is 116 Å². The SMILES string of the molecule is CC1(C)[C](c2ccccc2)CC[C]1c1ccccc1. The highest BCUT2D eigenvalue weighted by molar-refractivity contribution is 5.48. The van der Waals surface area contributed by atoms with Crippen molar-refractivity contribution in [2.24, 2.45) is 5.41 Å². The van der Waals surface area contributed by atoms with Gasteiger partial charge in [-0.15, -0.1) is 0 Å². The third kappa shape index (κ3) is 2.20. The molecule has 0 spiro atoms. The van der Waals surface area contributed by atoms with Crippen molar-refractivity contribution >= 4 is 0 Å². The van der Waals surface area contributed by atoms with Crippen LogP contribution in [0.1, 0.15) is 37.8 Å². The average molecular weight is 248 g/mol. The Bertz CT molecular complexity index is 475. The molecule has 1 saturated carbocycles. The Morgan fingerprint density at radius 1 is 0.632 bits per heavy atom.